The highest BCUT2D eigenvalue weighted by Crippen LogP contribution is 2.22. The molecule has 0 atom stereocenters. The van der Waals surface area contributed by atoms with E-state index >= 15 is 0 Å². The number of aromatic nitrogens is 2. The summed E-state index contributed by atoms with van der Waals surface area (Å²) in [5, 5.41) is 7.51. The quantitative estimate of drug-likeness (QED) is 0.768. The van der Waals surface area contributed by atoms with Gasteiger partial charge in [-0.25, -0.2) is 0 Å². The van der Waals surface area contributed by atoms with E-state index in [4.69, 9.17) is 11.6 Å². The predicted octanol–water partition coefficient (Wildman–Crippen LogP) is 3.89. The number of hydrogen-bond acceptors (Lipinski definition) is 3. The van der Waals surface area contributed by atoms with Gasteiger partial charge in [0.25, 0.3) is 5.91 Å². The fourth-order valence-electron chi connectivity index (χ4n) is 2.20. The highest BCUT2D eigenvalue weighted by molar-refractivity contribution is 9.10. The molecule has 1 heterocycles. The van der Waals surface area contributed by atoms with Gasteiger partial charge in [-0.05, 0) is 31.3 Å². The van der Waals surface area contributed by atoms with E-state index in [1.54, 1.807) is 24.4 Å². The van der Waals surface area contributed by atoms with Crippen LogP contribution in [0, 0.1) is 0 Å². The summed E-state index contributed by atoms with van der Waals surface area (Å²) in [4.78, 5) is 14.6. The second kappa shape index (κ2) is 8.47. The molecule has 0 bridgehead atoms. The van der Waals surface area contributed by atoms with Crippen molar-refractivity contribution in [1.82, 2.24) is 14.7 Å². The van der Waals surface area contributed by atoms with Crippen LogP contribution in [0.3, 0.4) is 0 Å². The van der Waals surface area contributed by atoms with Crippen molar-refractivity contribution in [3.63, 3.8) is 0 Å². The number of hydrogen-bond donors (Lipinski definition) is 1. The zero-order valence-electron chi connectivity index (χ0n) is 13.2. The summed E-state index contributed by atoms with van der Waals surface area (Å²) in [5.74, 6) is -0.250. The largest absolute Gasteiger partial charge is 0.319 e. The van der Waals surface area contributed by atoms with Gasteiger partial charge in [0.2, 0.25) is 0 Å². The lowest BCUT2D eigenvalue weighted by Crippen LogP contribution is -2.27. The zero-order chi connectivity index (χ0) is 16.8. The van der Waals surface area contributed by atoms with Crippen LogP contribution in [-0.2, 0) is 6.54 Å². The Balaban J connectivity index is 1.98. The molecule has 0 fully saturated rings. The van der Waals surface area contributed by atoms with Gasteiger partial charge in [0.05, 0.1) is 29.0 Å². The van der Waals surface area contributed by atoms with Gasteiger partial charge in [0.1, 0.15) is 0 Å². The van der Waals surface area contributed by atoms with Gasteiger partial charge >= 0.3 is 0 Å². The van der Waals surface area contributed by atoms with E-state index in [0.717, 1.165) is 30.7 Å². The van der Waals surface area contributed by atoms with Gasteiger partial charge in [-0.15, -0.1) is 0 Å². The standard InChI is InChI=1S/C16H20BrClN4O/c1-3-21(4-2)7-8-22-11-13(10-19-22)20-16(23)14-9-12(17)5-6-15(14)18/h5-6,9-11H,3-4,7-8H2,1-2H3,(H,20,23). The summed E-state index contributed by atoms with van der Waals surface area (Å²) in [5.41, 5.74) is 1.09. The molecule has 23 heavy (non-hydrogen) atoms. The Morgan fingerprint density at radius 1 is 1.39 bits per heavy atom. The number of nitrogens with one attached hydrogen (secondary N) is 1. The minimum atomic E-state index is -0.250. The Bertz CT molecular complexity index is 670. The highest BCUT2D eigenvalue weighted by atomic mass is 79.9. The summed E-state index contributed by atoms with van der Waals surface area (Å²) in [6.07, 6.45) is 3.47. The Morgan fingerprint density at radius 3 is 2.83 bits per heavy atom. The summed E-state index contributed by atoms with van der Waals surface area (Å²) >= 11 is 9.41. The molecule has 1 amide bonds. The molecule has 0 radical (unpaired) electrons. The molecular weight excluding hydrogens is 380 g/mol. The van der Waals surface area contributed by atoms with Crippen LogP contribution in [0.25, 0.3) is 0 Å². The second-order valence-electron chi connectivity index (χ2n) is 5.10. The van der Waals surface area contributed by atoms with Gasteiger partial charge < -0.3 is 10.2 Å². The number of carbonyl (C=O) groups is 1. The van der Waals surface area contributed by atoms with Gasteiger partial charge in [-0.2, -0.15) is 5.10 Å². The topological polar surface area (TPSA) is 50.2 Å². The first-order valence-electron chi connectivity index (χ1n) is 7.54. The molecule has 0 saturated carbocycles. The number of anilines is 1. The predicted molar refractivity (Wildman–Crippen MR) is 97.1 cm³/mol. The summed E-state index contributed by atoms with van der Waals surface area (Å²) in [6.45, 7) is 8.03. The van der Waals surface area contributed by atoms with Crippen LogP contribution in [0.5, 0.6) is 0 Å². The fraction of sp³-hybridized carbons (Fsp3) is 0.375. The van der Waals surface area contributed by atoms with Crippen LogP contribution in [0.15, 0.2) is 35.1 Å². The van der Waals surface area contributed by atoms with E-state index < -0.39 is 0 Å². The van der Waals surface area contributed by atoms with Gasteiger partial charge in [0.15, 0.2) is 0 Å². The summed E-state index contributed by atoms with van der Waals surface area (Å²) in [6, 6.07) is 5.18. The lowest BCUT2D eigenvalue weighted by Gasteiger charge is -2.17. The molecule has 0 unspecified atom stereocenters. The lowest BCUT2D eigenvalue weighted by atomic mass is 10.2. The Labute approximate surface area is 149 Å². The molecule has 1 N–H and O–H groups in total. The third-order valence-corrected chi connectivity index (χ3v) is 4.43. The Hall–Kier alpha value is -1.37. The van der Waals surface area contributed by atoms with Crippen LogP contribution in [0.2, 0.25) is 5.02 Å². The van der Waals surface area contributed by atoms with E-state index in [9.17, 15) is 4.79 Å². The van der Waals surface area contributed by atoms with Crippen molar-refractivity contribution in [2.24, 2.45) is 0 Å². The van der Waals surface area contributed by atoms with Gasteiger partial charge in [-0.1, -0.05) is 41.4 Å². The fourth-order valence-corrected chi connectivity index (χ4v) is 2.77. The smallest absolute Gasteiger partial charge is 0.257 e. The molecule has 2 rings (SSSR count). The van der Waals surface area contributed by atoms with Crippen molar-refractivity contribution >= 4 is 39.1 Å². The maximum Gasteiger partial charge on any atom is 0.257 e. The van der Waals surface area contributed by atoms with Crippen molar-refractivity contribution in [1.29, 1.82) is 0 Å². The minimum absolute atomic E-state index is 0.250. The first kappa shape index (κ1) is 18.0. The Morgan fingerprint density at radius 2 is 2.13 bits per heavy atom. The third kappa shape index (κ3) is 5.06. The molecule has 2 aromatic rings. The van der Waals surface area contributed by atoms with Gasteiger partial charge in [-0.3, -0.25) is 9.48 Å². The number of halogens is 2. The molecule has 0 aliphatic carbocycles. The SMILES string of the molecule is CCN(CC)CCn1cc(NC(=O)c2cc(Br)ccc2Cl)cn1. The average molecular weight is 400 g/mol. The van der Waals surface area contributed by atoms with Crippen LogP contribution < -0.4 is 5.32 Å². The number of likely N-dealkylation sites (N-methyl/N-ethyl adjacent to an activating group) is 1. The Kier molecular flexibility index (Phi) is 6.62. The maximum atomic E-state index is 12.3. The van der Waals surface area contributed by atoms with Crippen molar-refractivity contribution < 1.29 is 4.79 Å². The molecule has 0 aliphatic rings. The minimum Gasteiger partial charge on any atom is -0.319 e. The number of rotatable bonds is 7. The summed E-state index contributed by atoms with van der Waals surface area (Å²) in [7, 11) is 0. The van der Waals surface area contributed by atoms with E-state index in [1.807, 2.05) is 10.9 Å². The van der Waals surface area contributed by atoms with E-state index in [2.05, 4.69) is 45.1 Å². The van der Waals surface area contributed by atoms with E-state index in [0.29, 0.717) is 16.3 Å². The van der Waals surface area contributed by atoms with Crippen LogP contribution >= 0.6 is 27.5 Å². The lowest BCUT2D eigenvalue weighted by molar-refractivity contribution is 0.102. The second-order valence-corrected chi connectivity index (χ2v) is 6.42. The van der Waals surface area contributed by atoms with Crippen molar-refractivity contribution in [2.45, 2.75) is 20.4 Å². The first-order valence-corrected chi connectivity index (χ1v) is 8.71. The zero-order valence-corrected chi connectivity index (χ0v) is 15.6. The van der Waals surface area contributed by atoms with Crippen molar-refractivity contribution in [3.05, 3.63) is 45.7 Å². The molecule has 124 valence electrons. The number of amides is 1. The van der Waals surface area contributed by atoms with Crippen LogP contribution in [0.1, 0.15) is 24.2 Å². The first-order chi connectivity index (χ1) is 11.0. The number of benzene rings is 1. The van der Waals surface area contributed by atoms with E-state index in [1.165, 1.54) is 0 Å². The molecule has 0 saturated heterocycles. The monoisotopic (exact) mass is 398 g/mol. The molecule has 5 nitrogen and oxygen atoms in total. The van der Waals surface area contributed by atoms with Crippen molar-refractivity contribution in [3.8, 4) is 0 Å². The molecule has 1 aromatic heterocycles. The highest BCUT2D eigenvalue weighted by Gasteiger charge is 2.12. The van der Waals surface area contributed by atoms with Crippen LogP contribution in [-0.4, -0.2) is 40.2 Å². The average Bonchev–Trinajstić information content (AvgIpc) is 2.98. The van der Waals surface area contributed by atoms with Gasteiger partial charge in [0, 0.05) is 17.2 Å². The molecule has 0 aliphatic heterocycles. The van der Waals surface area contributed by atoms with Crippen LogP contribution in [0.4, 0.5) is 5.69 Å². The van der Waals surface area contributed by atoms with E-state index in [-0.39, 0.29) is 5.91 Å². The number of carbonyl (C=O) groups excluding carboxylic acids is 1. The molecule has 7 heteroatoms. The summed E-state index contributed by atoms with van der Waals surface area (Å²) < 4.78 is 2.64. The molecule has 0 spiro atoms. The molecular formula is C16H20BrClN4O. The molecule has 1 aromatic carbocycles. The normalized spacial score (nSPS) is 11.0. The number of nitrogens with zero attached hydrogens (tertiary/aromatic N) is 3. The third-order valence-electron chi connectivity index (χ3n) is 3.60. The maximum absolute atomic E-state index is 12.3. The van der Waals surface area contributed by atoms with Crippen molar-refractivity contribution in [2.75, 3.05) is 25.0 Å².